The Kier molecular flexibility index (Phi) is 6.12. The number of hydrogen-bond donors (Lipinski definition) is 1. The number of rotatable bonds is 6. The summed E-state index contributed by atoms with van der Waals surface area (Å²) in [6.45, 7) is 3.22. The molecule has 0 saturated heterocycles. The van der Waals surface area contributed by atoms with E-state index in [0.717, 1.165) is 5.56 Å². The number of alkyl halides is 3. The maximum absolute atomic E-state index is 13.4. The molecule has 0 spiro atoms. The summed E-state index contributed by atoms with van der Waals surface area (Å²) in [6.07, 6.45) is -0.0543. The van der Waals surface area contributed by atoms with Gasteiger partial charge in [0.2, 0.25) is 0 Å². The standard InChI is InChI=1S/C15H15ClF3N3S/c1-8(17)13-12(16)14(21-7-20-13)22-9(2)10-3-5-11(6-4-10)23-15(18)19/h3-9,15H,1-2H3,(H,20,21,22). The van der Waals surface area contributed by atoms with E-state index in [1.165, 1.54) is 13.3 Å². The van der Waals surface area contributed by atoms with E-state index >= 15 is 0 Å². The zero-order valence-electron chi connectivity index (χ0n) is 12.4. The molecular weight excluding hydrogens is 347 g/mol. The summed E-state index contributed by atoms with van der Waals surface area (Å²) in [7, 11) is 0. The van der Waals surface area contributed by atoms with Crippen LogP contribution in [0.4, 0.5) is 19.0 Å². The SMILES string of the molecule is CC(F)c1ncnc(NC(C)c2ccc(SC(F)F)cc2)c1Cl. The second-order valence-corrected chi connectivity index (χ2v) is 6.29. The summed E-state index contributed by atoms with van der Waals surface area (Å²) >= 11 is 6.60. The molecule has 8 heteroatoms. The summed E-state index contributed by atoms with van der Waals surface area (Å²) in [4.78, 5) is 8.34. The fourth-order valence-corrected chi connectivity index (χ4v) is 2.79. The first-order valence-corrected chi connectivity index (χ1v) is 8.10. The normalized spacial score (nSPS) is 13.9. The van der Waals surface area contributed by atoms with E-state index in [0.29, 0.717) is 22.5 Å². The molecule has 0 amide bonds. The van der Waals surface area contributed by atoms with E-state index in [4.69, 9.17) is 11.6 Å². The van der Waals surface area contributed by atoms with Gasteiger partial charge in [-0.25, -0.2) is 14.4 Å². The van der Waals surface area contributed by atoms with E-state index in [1.54, 1.807) is 24.3 Å². The molecule has 124 valence electrons. The van der Waals surface area contributed by atoms with Crippen LogP contribution in [-0.2, 0) is 0 Å². The highest BCUT2D eigenvalue weighted by atomic mass is 35.5. The largest absolute Gasteiger partial charge is 0.362 e. The van der Waals surface area contributed by atoms with Gasteiger partial charge in [-0.1, -0.05) is 35.5 Å². The Bertz CT molecular complexity index is 653. The van der Waals surface area contributed by atoms with Crippen LogP contribution in [0.3, 0.4) is 0 Å². The summed E-state index contributed by atoms with van der Waals surface area (Å²) < 4.78 is 38.0. The van der Waals surface area contributed by atoms with Crippen molar-refractivity contribution in [3.8, 4) is 0 Å². The number of nitrogens with one attached hydrogen (secondary N) is 1. The molecule has 2 unspecified atom stereocenters. The number of halogens is 4. The van der Waals surface area contributed by atoms with Gasteiger partial charge in [0.15, 0.2) is 0 Å². The smallest absolute Gasteiger partial charge is 0.288 e. The molecule has 0 aliphatic rings. The van der Waals surface area contributed by atoms with E-state index < -0.39 is 11.9 Å². The Hall–Kier alpha value is -1.47. The Balaban J connectivity index is 2.13. The minimum atomic E-state index is -2.45. The molecule has 0 aliphatic carbocycles. The van der Waals surface area contributed by atoms with Crippen LogP contribution < -0.4 is 5.32 Å². The van der Waals surface area contributed by atoms with Crippen molar-refractivity contribution < 1.29 is 13.2 Å². The number of nitrogens with zero attached hydrogens (tertiary/aromatic N) is 2. The first-order chi connectivity index (χ1) is 10.9. The van der Waals surface area contributed by atoms with Crippen LogP contribution in [-0.4, -0.2) is 15.7 Å². The monoisotopic (exact) mass is 361 g/mol. The summed E-state index contributed by atoms with van der Waals surface area (Å²) in [5.41, 5.74) is 0.994. The van der Waals surface area contributed by atoms with Crippen molar-refractivity contribution in [2.45, 2.75) is 36.7 Å². The second kappa shape index (κ2) is 7.88. The predicted octanol–water partition coefficient (Wildman–Crippen LogP) is 5.65. The lowest BCUT2D eigenvalue weighted by Gasteiger charge is -2.17. The summed E-state index contributed by atoms with van der Waals surface area (Å²) in [5, 5.41) is 3.22. The van der Waals surface area contributed by atoms with Crippen LogP contribution in [0, 0.1) is 0 Å². The quantitative estimate of drug-likeness (QED) is 0.675. The first-order valence-electron chi connectivity index (χ1n) is 6.84. The number of aromatic nitrogens is 2. The van der Waals surface area contributed by atoms with E-state index in [-0.39, 0.29) is 16.8 Å². The highest BCUT2D eigenvalue weighted by molar-refractivity contribution is 7.99. The van der Waals surface area contributed by atoms with Gasteiger partial charge in [-0.15, -0.1) is 0 Å². The van der Waals surface area contributed by atoms with Gasteiger partial charge in [0.05, 0.1) is 5.69 Å². The van der Waals surface area contributed by atoms with Gasteiger partial charge in [0.1, 0.15) is 23.3 Å². The highest BCUT2D eigenvalue weighted by Crippen LogP contribution is 2.31. The third-order valence-corrected chi connectivity index (χ3v) is 4.25. The zero-order valence-corrected chi connectivity index (χ0v) is 14.0. The van der Waals surface area contributed by atoms with Crippen molar-refractivity contribution in [1.29, 1.82) is 0 Å². The van der Waals surface area contributed by atoms with Crippen LogP contribution in [0.5, 0.6) is 0 Å². The maximum Gasteiger partial charge on any atom is 0.288 e. The summed E-state index contributed by atoms with van der Waals surface area (Å²) in [5.74, 6) is -2.11. The van der Waals surface area contributed by atoms with Gasteiger partial charge in [-0.2, -0.15) is 8.78 Å². The van der Waals surface area contributed by atoms with Gasteiger partial charge in [0.25, 0.3) is 5.76 Å². The summed E-state index contributed by atoms with van der Waals surface area (Å²) in [6, 6.07) is 6.56. The third-order valence-electron chi connectivity index (χ3n) is 3.15. The molecule has 1 aromatic heterocycles. The molecule has 2 rings (SSSR count). The second-order valence-electron chi connectivity index (χ2n) is 4.85. The minimum absolute atomic E-state index is 0.125. The van der Waals surface area contributed by atoms with Crippen LogP contribution in [0.15, 0.2) is 35.5 Å². The topological polar surface area (TPSA) is 37.8 Å². The molecule has 0 fully saturated rings. The lowest BCUT2D eigenvalue weighted by molar-refractivity contribution is 0.252. The Morgan fingerprint density at radius 1 is 1.09 bits per heavy atom. The molecule has 0 aliphatic heterocycles. The fourth-order valence-electron chi connectivity index (χ4n) is 1.99. The van der Waals surface area contributed by atoms with Gasteiger partial charge < -0.3 is 5.32 Å². The molecule has 1 aromatic carbocycles. The maximum atomic E-state index is 13.4. The predicted molar refractivity (Wildman–Crippen MR) is 86.9 cm³/mol. The molecule has 0 bridgehead atoms. The third kappa shape index (κ3) is 4.75. The number of thioether (sulfide) groups is 1. The number of hydrogen-bond acceptors (Lipinski definition) is 4. The van der Waals surface area contributed by atoms with Crippen molar-refractivity contribution >= 4 is 29.2 Å². The van der Waals surface area contributed by atoms with Crippen molar-refractivity contribution in [2.24, 2.45) is 0 Å². The molecule has 3 nitrogen and oxygen atoms in total. The number of benzene rings is 1. The zero-order chi connectivity index (χ0) is 17.0. The average Bonchev–Trinajstić information content (AvgIpc) is 2.49. The van der Waals surface area contributed by atoms with Crippen molar-refractivity contribution in [3.63, 3.8) is 0 Å². The van der Waals surface area contributed by atoms with Crippen LogP contribution in [0.25, 0.3) is 0 Å². The Morgan fingerprint density at radius 3 is 2.30 bits per heavy atom. The molecule has 1 N–H and O–H groups in total. The van der Waals surface area contributed by atoms with Crippen LogP contribution in [0.1, 0.15) is 37.3 Å². The van der Waals surface area contributed by atoms with E-state index in [1.807, 2.05) is 6.92 Å². The Morgan fingerprint density at radius 2 is 1.74 bits per heavy atom. The Labute approximate surface area is 141 Å². The van der Waals surface area contributed by atoms with Crippen molar-refractivity contribution in [3.05, 3.63) is 46.9 Å². The fraction of sp³-hybridized carbons (Fsp3) is 0.333. The van der Waals surface area contributed by atoms with Gasteiger partial charge in [0, 0.05) is 10.9 Å². The molecule has 1 heterocycles. The molecule has 2 aromatic rings. The van der Waals surface area contributed by atoms with E-state index in [2.05, 4.69) is 15.3 Å². The highest BCUT2D eigenvalue weighted by Gasteiger charge is 2.16. The molecule has 2 atom stereocenters. The number of anilines is 1. The van der Waals surface area contributed by atoms with Gasteiger partial charge in [-0.05, 0) is 31.5 Å². The average molecular weight is 362 g/mol. The van der Waals surface area contributed by atoms with Gasteiger partial charge >= 0.3 is 0 Å². The van der Waals surface area contributed by atoms with Crippen molar-refractivity contribution in [2.75, 3.05) is 5.32 Å². The first kappa shape index (κ1) is 17.9. The lowest BCUT2D eigenvalue weighted by atomic mass is 10.1. The van der Waals surface area contributed by atoms with Crippen LogP contribution >= 0.6 is 23.4 Å². The molecule has 0 saturated carbocycles. The minimum Gasteiger partial charge on any atom is -0.362 e. The van der Waals surface area contributed by atoms with Gasteiger partial charge in [-0.3, -0.25) is 0 Å². The molecule has 23 heavy (non-hydrogen) atoms. The lowest BCUT2D eigenvalue weighted by Crippen LogP contribution is -2.10. The molecule has 0 radical (unpaired) electrons. The van der Waals surface area contributed by atoms with E-state index in [9.17, 15) is 13.2 Å². The van der Waals surface area contributed by atoms with Crippen LogP contribution in [0.2, 0.25) is 5.02 Å². The van der Waals surface area contributed by atoms with Crippen molar-refractivity contribution in [1.82, 2.24) is 9.97 Å². The molecular formula is C15H15ClF3N3S.